The number of nitrogens with zero attached hydrogens (tertiary/aromatic N) is 1. The lowest BCUT2D eigenvalue weighted by molar-refractivity contribution is -0.111. The van der Waals surface area contributed by atoms with E-state index in [0.29, 0.717) is 5.76 Å². The van der Waals surface area contributed by atoms with E-state index in [4.69, 9.17) is 4.42 Å². The number of aryl methyl sites for hydroxylation is 1. The molecule has 0 atom stereocenters. The zero-order valence-electron chi connectivity index (χ0n) is 12.4. The third-order valence-corrected chi connectivity index (χ3v) is 4.93. The molecule has 0 radical (unpaired) electrons. The molecule has 0 bridgehead atoms. The van der Waals surface area contributed by atoms with Gasteiger partial charge in [-0.1, -0.05) is 11.8 Å². The minimum atomic E-state index is -0.197. The number of hydrogen-bond donors (Lipinski definition) is 1. The maximum Gasteiger partial charge on any atom is 0.248 e. The molecule has 2 heterocycles. The molecule has 6 heteroatoms. The Morgan fingerprint density at radius 1 is 1.30 bits per heavy atom. The second-order valence-corrected chi connectivity index (χ2v) is 6.90. The summed E-state index contributed by atoms with van der Waals surface area (Å²) in [7, 11) is 0. The first-order valence-electron chi connectivity index (χ1n) is 6.92. The predicted molar refractivity (Wildman–Crippen MR) is 93.8 cm³/mol. The lowest BCUT2D eigenvalue weighted by Crippen LogP contribution is -2.07. The van der Waals surface area contributed by atoms with Crippen molar-refractivity contribution in [2.45, 2.75) is 16.2 Å². The Morgan fingerprint density at radius 2 is 2.13 bits per heavy atom. The number of carbonyl (C=O) groups excluding carboxylic acids is 1. The summed E-state index contributed by atoms with van der Waals surface area (Å²) in [6, 6.07) is 11.2. The van der Waals surface area contributed by atoms with Crippen LogP contribution in [0.25, 0.3) is 6.08 Å². The highest BCUT2D eigenvalue weighted by Gasteiger charge is 2.03. The van der Waals surface area contributed by atoms with Crippen LogP contribution in [-0.2, 0) is 4.79 Å². The van der Waals surface area contributed by atoms with Crippen LogP contribution in [0.3, 0.4) is 0 Å². The second kappa shape index (κ2) is 7.30. The number of anilines is 1. The monoisotopic (exact) mass is 342 g/mol. The van der Waals surface area contributed by atoms with Crippen LogP contribution in [0, 0.1) is 6.92 Å². The van der Waals surface area contributed by atoms with E-state index in [-0.39, 0.29) is 5.91 Å². The van der Waals surface area contributed by atoms with Gasteiger partial charge in [-0.25, -0.2) is 4.98 Å². The molecule has 2 aromatic heterocycles. The van der Waals surface area contributed by atoms with Crippen molar-refractivity contribution in [1.29, 1.82) is 0 Å². The summed E-state index contributed by atoms with van der Waals surface area (Å²) in [6.07, 6.45) is 4.64. The fraction of sp³-hybridized carbons (Fsp3) is 0.0588. The normalized spacial score (nSPS) is 11.0. The van der Waals surface area contributed by atoms with E-state index in [9.17, 15) is 4.79 Å². The number of furan rings is 1. The highest BCUT2D eigenvalue weighted by molar-refractivity contribution is 8.01. The highest BCUT2D eigenvalue weighted by Crippen LogP contribution is 2.30. The van der Waals surface area contributed by atoms with Gasteiger partial charge in [0.15, 0.2) is 4.34 Å². The van der Waals surface area contributed by atoms with E-state index in [1.54, 1.807) is 47.6 Å². The van der Waals surface area contributed by atoms with E-state index in [1.165, 1.54) is 6.08 Å². The zero-order chi connectivity index (χ0) is 16.1. The molecule has 0 aliphatic heterocycles. The topological polar surface area (TPSA) is 55.1 Å². The summed E-state index contributed by atoms with van der Waals surface area (Å²) in [6.45, 7) is 1.98. The smallest absolute Gasteiger partial charge is 0.248 e. The number of nitrogens with one attached hydrogen (secondary N) is 1. The average molecular weight is 342 g/mol. The first-order chi connectivity index (χ1) is 11.2. The standard InChI is InChI=1S/C17H14N2O2S2/c1-12-11-22-17(18-12)23-15-7-4-13(5-8-15)19-16(20)9-6-14-3-2-10-21-14/h2-11H,1H3,(H,19,20). The summed E-state index contributed by atoms with van der Waals surface area (Å²) in [4.78, 5) is 17.3. The third kappa shape index (κ3) is 4.58. The van der Waals surface area contributed by atoms with Crippen LogP contribution in [0.5, 0.6) is 0 Å². The summed E-state index contributed by atoms with van der Waals surface area (Å²) < 4.78 is 6.15. The number of carbonyl (C=O) groups is 1. The minimum Gasteiger partial charge on any atom is -0.465 e. The van der Waals surface area contributed by atoms with Gasteiger partial charge in [0.25, 0.3) is 0 Å². The molecule has 1 amide bonds. The van der Waals surface area contributed by atoms with E-state index in [1.807, 2.05) is 36.6 Å². The van der Waals surface area contributed by atoms with Crippen LogP contribution in [0.1, 0.15) is 11.5 Å². The van der Waals surface area contributed by atoms with Gasteiger partial charge in [0.2, 0.25) is 5.91 Å². The number of thiazole rings is 1. The van der Waals surface area contributed by atoms with E-state index in [2.05, 4.69) is 10.3 Å². The van der Waals surface area contributed by atoms with Crippen molar-refractivity contribution in [3.8, 4) is 0 Å². The number of benzene rings is 1. The Labute approximate surface area is 142 Å². The molecule has 0 fully saturated rings. The Hall–Kier alpha value is -2.31. The van der Waals surface area contributed by atoms with Crippen LogP contribution < -0.4 is 5.32 Å². The van der Waals surface area contributed by atoms with Gasteiger partial charge in [-0.2, -0.15) is 0 Å². The fourth-order valence-electron chi connectivity index (χ4n) is 1.81. The van der Waals surface area contributed by atoms with E-state index < -0.39 is 0 Å². The van der Waals surface area contributed by atoms with Crippen molar-refractivity contribution < 1.29 is 9.21 Å². The Balaban J connectivity index is 1.57. The highest BCUT2D eigenvalue weighted by atomic mass is 32.2. The molecular formula is C17H14N2O2S2. The quantitative estimate of drug-likeness (QED) is 0.674. The Morgan fingerprint density at radius 3 is 2.78 bits per heavy atom. The molecule has 0 saturated heterocycles. The molecule has 0 aliphatic rings. The largest absolute Gasteiger partial charge is 0.465 e. The molecule has 4 nitrogen and oxygen atoms in total. The lowest BCUT2D eigenvalue weighted by atomic mass is 10.3. The maximum absolute atomic E-state index is 11.8. The van der Waals surface area contributed by atoms with Crippen LogP contribution >= 0.6 is 23.1 Å². The molecule has 1 N–H and O–H groups in total. The number of amides is 1. The molecular weight excluding hydrogens is 328 g/mol. The summed E-state index contributed by atoms with van der Waals surface area (Å²) in [5.41, 5.74) is 1.78. The summed E-state index contributed by atoms with van der Waals surface area (Å²) in [5.74, 6) is 0.447. The molecule has 1 aromatic carbocycles. The van der Waals surface area contributed by atoms with Crippen LogP contribution in [-0.4, -0.2) is 10.9 Å². The molecule has 0 aliphatic carbocycles. The van der Waals surface area contributed by atoms with Crippen molar-refractivity contribution in [2.24, 2.45) is 0 Å². The van der Waals surface area contributed by atoms with Crippen LogP contribution in [0.2, 0.25) is 0 Å². The molecule has 0 unspecified atom stereocenters. The van der Waals surface area contributed by atoms with Crippen LogP contribution in [0.4, 0.5) is 5.69 Å². The molecule has 3 rings (SSSR count). The van der Waals surface area contributed by atoms with Crippen molar-refractivity contribution in [2.75, 3.05) is 5.32 Å². The minimum absolute atomic E-state index is 0.197. The summed E-state index contributed by atoms with van der Waals surface area (Å²) >= 11 is 3.24. The van der Waals surface area contributed by atoms with Gasteiger partial charge in [0.1, 0.15) is 5.76 Å². The van der Waals surface area contributed by atoms with E-state index >= 15 is 0 Å². The lowest BCUT2D eigenvalue weighted by Gasteiger charge is -2.03. The molecule has 116 valence electrons. The number of rotatable bonds is 5. The third-order valence-electron chi connectivity index (χ3n) is 2.87. The second-order valence-electron chi connectivity index (χ2n) is 4.72. The van der Waals surface area contributed by atoms with Crippen molar-refractivity contribution in [1.82, 2.24) is 4.98 Å². The van der Waals surface area contributed by atoms with E-state index in [0.717, 1.165) is 20.6 Å². The predicted octanol–water partition coefficient (Wildman–Crippen LogP) is 4.85. The van der Waals surface area contributed by atoms with Crippen molar-refractivity contribution in [3.63, 3.8) is 0 Å². The van der Waals surface area contributed by atoms with Crippen LogP contribution in [0.15, 0.2) is 67.8 Å². The zero-order valence-corrected chi connectivity index (χ0v) is 14.0. The summed E-state index contributed by atoms with van der Waals surface area (Å²) in [5, 5.41) is 4.84. The first-order valence-corrected chi connectivity index (χ1v) is 8.61. The van der Waals surface area contributed by atoms with Gasteiger partial charge in [0, 0.05) is 27.7 Å². The SMILES string of the molecule is Cc1csc(Sc2ccc(NC(=O)C=Cc3ccco3)cc2)n1. The number of aromatic nitrogens is 1. The molecule has 3 aromatic rings. The van der Waals surface area contributed by atoms with Gasteiger partial charge in [-0.15, -0.1) is 11.3 Å². The van der Waals surface area contributed by atoms with Gasteiger partial charge >= 0.3 is 0 Å². The Kier molecular flexibility index (Phi) is 4.95. The molecule has 23 heavy (non-hydrogen) atoms. The van der Waals surface area contributed by atoms with Gasteiger partial charge in [-0.3, -0.25) is 4.79 Å². The molecule has 0 saturated carbocycles. The fourth-order valence-corrected chi connectivity index (χ4v) is 3.62. The average Bonchev–Trinajstić information content (AvgIpc) is 3.19. The van der Waals surface area contributed by atoms with Gasteiger partial charge in [0.05, 0.1) is 6.26 Å². The maximum atomic E-state index is 11.8. The van der Waals surface area contributed by atoms with Crippen molar-refractivity contribution in [3.05, 3.63) is 65.6 Å². The van der Waals surface area contributed by atoms with Gasteiger partial charge < -0.3 is 9.73 Å². The number of hydrogen-bond acceptors (Lipinski definition) is 5. The van der Waals surface area contributed by atoms with Crippen molar-refractivity contribution >= 4 is 40.8 Å². The van der Waals surface area contributed by atoms with Gasteiger partial charge in [-0.05, 0) is 49.4 Å². The first kappa shape index (κ1) is 15.6. The Bertz CT molecular complexity index is 806. The molecule has 0 spiro atoms.